The molecule has 0 bridgehead atoms. The second-order valence-electron chi connectivity index (χ2n) is 5.97. The molecule has 2 unspecified atom stereocenters. The molecule has 1 aliphatic rings. The third-order valence-electron chi connectivity index (χ3n) is 4.32. The van der Waals surface area contributed by atoms with Crippen LogP contribution in [-0.4, -0.2) is 26.4 Å². The third kappa shape index (κ3) is 3.78. The maximum atomic E-state index is 6.09. The Morgan fingerprint density at radius 2 is 1.90 bits per heavy atom. The van der Waals surface area contributed by atoms with Crippen molar-refractivity contribution in [3.8, 4) is 5.75 Å². The predicted octanol–water partition coefficient (Wildman–Crippen LogP) is 3.78. The van der Waals surface area contributed by atoms with Crippen molar-refractivity contribution in [3.05, 3.63) is 28.8 Å². The molecule has 0 aliphatic heterocycles. The van der Waals surface area contributed by atoms with Crippen LogP contribution in [0.15, 0.2) is 12.1 Å². The van der Waals surface area contributed by atoms with Crippen LogP contribution >= 0.6 is 0 Å². The summed E-state index contributed by atoms with van der Waals surface area (Å²) >= 11 is 0. The van der Waals surface area contributed by atoms with E-state index in [1.54, 1.807) is 7.11 Å². The number of likely N-dealkylation sites (N-methyl/N-ethyl adjacent to an activating group) is 1. The van der Waals surface area contributed by atoms with Crippen LogP contribution in [0.2, 0.25) is 0 Å². The Morgan fingerprint density at radius 1 is 1.19 bits per heavy atom. The lowest BCUT2D eigenvalue weighted by atomic mass is 9.92. The minimum atomic E-state index is 0.270. The molecule has 3 heteroatoms. The van der Waals surface area contributed by atoms with E-state index in [1.807, 2.05) is 0 Å². The SMILES string of the molecule is CCNC(c1cc(C)c(OC)cc1C)C(OCC)C1CC1. The van der Waals surface area contributed by atoms with Gasteiger partial charge in [-0.3, -0.25) is 0 Å². The summed E-state index contributed by atoms with van der Waals surface area (Å²) in [6.45, 7) is 10.2. The summed E-state index contributed by atoms with van der Waals surface area (Å²) in [5, 5.41) is 3.64. The van der Waals surface area contributed by atoms with Gasteiger partial charge in [-0.25, -0.2) is 0 Å². The fourth-order valence-corrected chi connectivity index (χ4v) is 3.11. The first-order valence-electron chi connectivity index (χ1n) is 8.12. The number of aryl methyl sites for hydroxylation is 2. The van der Waals surface area contributed by atoms with E-state index in [1.165, 1.54) is 29.5 Å². The Bertz CT molecular complexity index is 469. The monoisotopic (exact) mass is 291 g/mol. The van der Waals surface area contributed by atoms with Crippen LogP contribution in [-0.2, 0) is 4.74 Å². The lowest BCUT2D eigenvalue weighted by Crippen LogP contribution is -2.36. The summed E-state index contributed by atoms with van der Waals surface area (Å²) in [5.41, 5.74) is 3.81. The van der Waals surface area contributed by atoms with Gasteiger partial charge in [0.1, 0.15) is 5.75 Å². The molecule has 0 radical (unpaired) electrons. The number of hydrogen-bond acceptors (Lipinski definition) is 3. The van der Waals surface area contributed by atoms with Crippen LogP contribution < -0.4 is 10.1 Å². The van der Waals surface area contributed by atoms with Crippen LogP contribution in [0.1, 0.15) is 49.4 Å². The topological polar surface area (TPSA) is 30.5 Å². The van der Waals surface area contributed by atoms with Gasteiger partial charge in [-0.05, 0) is 68.8 Å². The van der Waals surface area contributed by atoms with Crippen molar-refractivity contribution in [2.45, 2.75) is 52.7 Å². The Labute approximate surface area is 129 Å². The van der Waals surface area contributed by atoms with E-state index < -0.39 is 0 Å². The number of benzene rings is 1. The molecule has 3 nitrogen and oxygen atoms in total. The first kappa shape index (κ1) is 16.3. The Hall–Kier alpha value is -1.06. The zero-order valence-corrected chi connectivity index (χ0v) is 14.0. The van der Waals surface area contributed by atoms with Gasteiger partial charge in [0.05, 0.1) is 19.3 Å². The molecule has 1 aliphatic carbocycles. The van der Waals surface area contributed by atoms with Crippen LogP contribution in [0.25, 0.3) is 0 Å². The zero-order chi connectivity index (χ0) is 15.4. The average molecular weight is 291 g/mol. The van der Waals surface area contributed by atoms with Gasteiger partial charge in [-0.1, -0.05) is 13.0 Å². The van der Waals surface area contributed by atoms with Gasteiger partial charge >= 0.3 is 0 Å². The highest BCUT2D eigenvalue weighted by atomic mass is 16.5. The molecule has 0 saturated heterocycles. The second-order valence-corrected chi connectivity index (χ2v) is 5.97. The fraction of sp³-hybridized carbons (Fsp3) is 0.667. The Kier molecular flexibility index (Phi) is 5.65. The predicted molar refractivity (Wildman–Crippen MR) is 87.0 cm³/mol. The smallest absolute Gasteiger partial charge is 0.122 e. The third-order valence-corrected chi connectivity index (χ3v) is 4.32. The molecule has 0 heterocycles. The van der Waals surface area contributed by atoms with Crippen molar-refractivity contribution in [3.63, 3.8) is 0 Å². The highest BCUT2D eigenvalue weighted by molar-refractivity contribution is 5.43. The lowest BCUT2D eigenvalue weighted by molar-refractivity contribution is 0.0188. The van der Waals surface area contributed by atoms with Crippen molar-refractivity contribution in [2.24, 2.45) is 5.92 Å². The molecule has 21 heavy (non-hydrogen) atoms. The standard InChI is InChI=1S/C18H29NO2/c1-6-19-17(18(21-7-2)14-8-9-14)15-10-13(4)16(20-5)11-12(15)3/h10-11,14,17-19H,6-9H2,1-5H3. The Morgan fingerprint density at radius 3 is 2.43 bits per heavy atom. The van der Waals surface area contributed by atoms with Crippen molar-refractivity contribution in [1.82, 2.24) is 5.32 Å². The van der Waals surface area contributed by atoms with Crippen molar-refractivity contribution in [2.75, 3.05) is 20.3 Å². The molecule has 2 rings (SSSR count). The molecule has 1 N–H and O–H groups in total. The number of rotatable bonds is 8. The largest absolute Gasteiger partial charge is 0.496 e. The van der Waals surface area contributed by atoms with Crippen LogP contribution in [0.5, 0.6) is 5.75 Å². The minimum absolute atomic E-state index is 0.270. The van der Waals surface area contributed by atoms with E-state index in [4.69, 9.17) is 9.47 Å². The van der Waals surface area contributed by atoms with Gasteiger partial charge in [0.15, 0.2) is 0 Å². The van der Waals surface area contributed by atoms with Gasteiger partial charge in [-0.15, -0.1) is 0 Å². The average Bonchev–Trinajstić information content (AvgIpc) is 3.29. The van der Waals surface area contributed by atoms with Gasteiger partial charge in [0, 0.05) is 6.61 Å². The maximum absolute atomic E-state index is 6.09. The van der Waals surface area contributed by atoms with Crippen molar-refractivity contribution >= 4 is 0 Å². The van der Waals surface area contributed by atoms with Gasteiger partial charge in [0.25, 0.3) is 0 Å². The highest BCUT2D eigenvalue weighted by Crippen LogP contribution is 2.41. The molecule has 0 amide bonds. The summed E-state index contributed by atoms with van der Waals surface area (Å²) in [6.07, 6.45) is 2.86. The highest BCUT2D eigenvalue weighted by Gasteiger charge is 2.38. The van der Waals surface area contributed by atoms with E-state index >= 15 is 0 Å². The summed E-state index contributed by atoms with van der Waals surface area (Å²) in [4.78, 5) is 0. The number of hydrogen-bond donors (Lipinski definition) is 1. The summed E-state index contributed by atoms with van der Waals surface area (Å²) < 4.78 is 11.5. The number of ether oxygens (including phenoxy) is 2. The Balaban J connectivity index is 2.34. The first-order chi connectivity index (χ1) is 10.1. The summed E-state index contributed by atoms with van der Waals surface area (Å²) in [7, 11) is 1.73. The number of nitrogens with one attached hydrogen (secondary N) is 1. The summed E-state index contributed by atoms with van der Waals surface area (Å²) in [6, 6.07) is 4.67. The number of methoxy groups -OCH3 is 1. The van der Waals surface area contributed by atoms with E-state index in [9.17, 15) is 0 Å². The first-order valence-corrected chi connectivity index (χ1v) is 8.12. The molecular formula is C18H29NO2. The van der Waals surface area contributed by atoms with Crippen LogP contribution in [0.4, 0.5) is 0 Å². The molecule has 1 fully saturated rings. The molecule has 118 valence electrons. The molecule has 0 spiro atoms. The molecule has 1 aromatic carbocycles. The van der Waals surface area contributed by atoms with E-state index in [-0.39, 0.29) is 12.1 Å². The maximum Gasteiger partial charge on any atom is 0.122 e. The minimum Gasteiger partial charge on any atom is -0.496 e. The quantitative estimate of drug-likeness (QED) is 0.790. The van der Waals surface area contributed by atoms with Gasteiger partial charge in [-0.2, -0.15) is 0 Å². The molecular weight excluding hydrogens is 262 g/mol. The fourth-order valence-electron chi connectivity index (χ4n) is 3.11. The van der Waals surface area contributed by atoms with E-state index in [2.05, 4.69) is 45.1 Å². The zero-order valence-electron chi connectivity index (χ0n) is 14.0. The normalized spacial score (nSPS) is 17.6. The van der Waals surface area contributed by atoms with Crippen molar-refractivity contribution in [1.29, 1.82) is 0 Å². The van der Waals surface area contributed by atoms with Crippen LogP contribution in [0, 0.1) is 19.8 Å². The van der Waals surface area contributed by atoms with E-state index in [0.29, 0.717) is 5.92 Å². The lowest BCUT2D eigenvalue weighted by Gasteiger charge is -2.30. The van der Waals surface area contributed by atoms with Crippen LogP contribution in [0.3, 0.4) is 0 Å². The van der Waals surface area contributed by atoms with E-state index in [0.717, 1.165) is 18.9 Å². The van der Waals surface area contributed by atoms with Gasteiger partial charge < -0.3 is 14.8 Å². The summed E-state index contributed by atoms with van der Waals surface area (Å²) in [5.74, 6) is 1.67. The van der Waals surface area contributed by atoms with Crippen molar-refractivity contribution < 1.29 is 9.47 Å². The molecule has 0 aromatic heterocycles. The molecule has 1 saturated carbocycles. The second kappa shape index (κ2) is 7.28. The molecule has 2 atom stereocenters. The van der Waals surface area contributed by atoms with Gasteiger partial charge in [0.2, 0.25) is 0 Å². The molecule has 1 aromatic rings.